The molecule has 3 rings (SSSR count). The molecule has 33 heavy (non-hydrogen) atoms. The summed E-state index contributed by atoms with van der Waals surface area (Å²) in [6.07, 6.45) is 0. The summed E-state index contributed by atoms with van der Waals surface area (Å²) in [4.78, 5) is 25.0. The largest absolute Gasteiger partial charge is 0.332 e. The Kier molecular flexibility index (Phi) is 7.29. The van der Waals surface area contributed by atoms with Crippen LogP contribution in [0.1, 0.15) is 58.2 Å². The first-order valence-electron chi connectivity index (χ1n) is 10.7. The summed E-state index contributed by atoms with van der Waals surface area (Å²) >= 11 is 5.27. The molecule has 2 amide bonds. The summed E-state index contributed by atoms with van der Waals surface area (Å²) in [5, 5.41) is 8.78. The lowest BCUT2D eigenvalue weighted by Crippen LogP contribution is -2.34. The molecule has 0 saturated heterocycles. The number of hydrogen-bond donors (Lipinski definition) is 3. The van der Waals surface area contributed by atoms with Crippen molar-refractivity contribution >= 4 is 40.5 Å². The van der Waals surface area contributed by atoms with E-state index in [1.165, 1.54) is 5.56 Å². The van der Waals surface area contributed by atoms with Gasteiger partial charge in [0.2, 0.25) is 0 Å². The first-order chi connectivity index (χ1) is 15.5. The third-order valence-corrected chi connectivity index (χ3v) is 5.33. The summed E-state index contributed by atoms with van der Waals surface area (Å²) in [5.41, 5.74) is 5.77. The molecule has 5 nitrogen and oxygen atoms in total. The topological polar surface area (TPSA) is 70.2 Å². The molecule has 170 valence electrons. The van der Waals surface area contributed by atoms with Crippen LogP contribution in [0.5, 0.6) is 0 Å². The normalized spacial score (nSPS) is 10.9. The number of nitrogens with one attached hydrogen (secondary N) is 3. The zero-order valence-corrected chi connectivity index (χ0v) is 20.4. The van der Waals surface area contributed by atoms with Gasteiger partial charge in [-0.2, -0.15) is 0 Å². The van der Waals surface area contributed by atoms with Gasteiger partial charge < -0.3 is 10.6 Å². The second-order valence-electron chi connectivity index (χ2n) is 9.14. The Morgan fingerprint density at radius 3 is 1.73 bits per heavy atom. The van der Waals surface area contributed by atoms with E-state index >= 15 is 0 Å². The van der Waals surface area contributed by atoms with E-state index in [1.54, 1.807) is 24.3 Å². The van der Waals surface area contributed by atoms with Gasteiger partial charge in [-0.15, -0.1) is 0 Å². The molecule has 0 aliphatic carbocycles. The zero-order chi connectivity index (χ0) is 24.2. The average Bonchev–Trinajstić information content (AvgIpc) is 2.74. The molecule has 0 spiro atoms. The van der Waals surface area contributed by atoms with Gasteiger partial charge >= 0.3 is 0 Å². The van der Waals surface area contributed by atoms with Gasteiger partial charge in [0.15, 0.2) is 5.11 Å². The zero-order valence-electron chi connectivity index (χ0n) is 19.6. The highest BCUT2D eigenvalue weighted by molar-refractivity contribution is 7.80. The number of anilines is 2. The SMILES string of the molecule is Cc1cc(C)cc(C(=O)NC(=S)Nc2ccc(NC(=O)c3ccc(C(C)(C)C)cc3)cc2)c1. The maximum absolute atomic E-state index is 12.5. The van der Waals surface area contributed by atoms with Gasteiger partial charge in [-0.1, -0.05) is 50.1 Å². The van der Waals surface area contributed by atoms with Crippen LogP contribution in [0, 0.1) is 13.8 Å². The molecule has 0 aliphatic rings. The lowest BCUT2D eigenvalue weighted by Gasteiger charge is -2.19. The number of thiocarbonyl (C=S) groups is 1. The summed E-state index contributed by atoms with van der Waals surface area (Å²) in [5.74, 6) is -0.437. The highest BCUT2D eigenvalue weighted by Gasteiger charge is 2.14. The molecule has 0 fully saturated rings. The second-order valence-corrected chi connectivity index (χ2v) is 9.55. The Hall–Kier alpha value is -3.51. The van der Waals surface area contributed by atoms with Crippen molar-refractivity contribution in [1.82, 2.24) is 5.32 Å². The van der Waals surface area contributed by atoms with Crippen LogP contribution in [-0.2, 0) is 5.41 Å². The van der Waals surface area contributed by atoms with E-state index in [9.17, 15) is 9.59 Å². The van der Waals surface area contributed by atoms with Crippen LogP contribution in [0.15, 0.2) is 66.7 Å². The van der Waals surface area contributed by atoms with Gasteiger partial charge in [-0.3, -0.25) is 14.9 Å². The minimum absolute atomic E-state index is 0.0386. The molecule has 0 atom stereocenters. The fourth-order valence-electron chi connectivity index (χ4n) is 3.41. The van der Waals surface area contributed by atoms with Crippen LogP contribution in [0.3, 0.4) is 0 Å². The lowest BCUT2D eigenvalue weighted by molar-refractivity contribution is 0.0976. The van der Waals surface area contributed by atoms with E-state index in [-0.39, 0.29) is 22.3 Å². The Morgan fingerprint density at radius 1 is 0.697 bits per heavy atom. The first-order valence-corrected chi connectivity index (χ1v) is 11.1. The quantitative estimate of drug-likeness (QED) is 0.420. The predicted molar refractivity (Wildman–Crippen MR) is 139 cm³/mol. The van der Waals surface area contributed by atoms with Crippen molar-refractivity contribution in [3.8, 4) is 0 Å². The molecule has 0 heterocycles. The molecule has 0 saturated carbocycles. The minimum atomic E-state index is -0.263. The van der Waals surface area contributed by atoms with Crippen LogP contribution in [0.2, 0.25) is 0 Å². The summed E-state index contributed by atoms with van der Waals surface area (Å²) < 4.78 is 0. The number of benzene rings is 3. The predicted octanol–water partition coefficient (Wildman–Crippen LogP) is 5.98. The maximum Gasteiger partial charge on any atom is 0.257 e. The van der Waals surface area contributed by atoms with E-state index in [0.717, 1.165) is 11.1 Å². The Bertz CT molecular complexity index is 1160. The number of carbonyl (C=O) groups is 2. The lowest BCUT2D eigenvalue weighted by atomic mass is 9.87. The number of rotatable bonds is 4. The van der Waals surface area contributed by atoms with E-state index < -0.39 is 0 Å². The Morgan fingerprint density at radius 2 is 1.21 bits per heavy atom. The molecule has 0 bridgehead atoms. The van der Waals surface area contributed by atoms with Crippen molar-refractivity contribution in [2.45, 2.75) is 40.0 Å². The fourth-order valence-corrected chi connectivity index (χ4v) is 3.62. The summed E-state index contributed by atoms with van der Waals surface area (Å²) in [6, 6.07) is 20.4. The number of carbonyl (C=O) groups excluding carboxylic acids is 2. The van der Waals surface area contributed by atoms with E-state index in [2.05, 4.69) is 36.7 Å². The van der Waals surface area contributed by atoms with Crippen molar-refractivity contribution in [1.29, 1.82) is 0 Å². The molecule has 0 radical (unpaired) electrons. The molecule has 6 heteroatoms. The Labute approximate surface area is 200 Å². The molecule has 3 aromatic rings. The third-order valence-electron chi connectivity index (χ3n) is 5.12. The third kappa shape index (κ3) is 6.73. The summed E-state index contributed by atoms with van der Waals surface area (Å²) in [6.45, 7) is 10.3. The number of hydrogen-bond acceptors (Lipinski definition) is 3. The van der Waals surface area contributed by atoms with Gasteiger partial charge in [-0.05, 0) is 85.6 Å². The first kappa shape index (κ1) is 24.1. The van der Waals surface area contributed by atoms with Crippen molar-refractivity contribution in [2.75, 3.05) is 10.6 Å². The van der Waals surface area contributed by atoms with Crippen LogP contribution >= 0.6 is 12.2 Å². The monoisotopic (exact) mass is 459 g/mol. The standard InChI is InChI=1S/C27H29N3O2S/c1-17-14-18(2)16-20(15-17)25(32)30-26(33)29-23-12-10-22(11-13-23)28-24(31)19-6-8-21(9-7-19)27(3,4)5/h6-16H,1-5H3,(H,28,31)(H2,29,30,32,33). The molecule has 3 aromatic carbocycles. The van der Waals surface area contributed by atoms with Crippen LogP contribution < -0.4 is 16.0 Å². The van der Waals surface area contributed by atoms with E-state index in [0.29, 0.717) is 22.5 Å². The second kappa shape index (κ2) is 9.96. The van der Waals surface area contributed by atoms with Crippen molar-refractivity contribution < 1.29 is 9.59 Å². The van der Waals surface area contributed by atoms with Gasteiger partial charge in [-0.25, -0.2) is 0 Å². The molecule has 0 aromatic heterocycles. The van der Waals surface area contributed by atoms with Crippen molar-refractivity contribution in [3.05, 3.63) is 94.5 Å². The van der Waals surface area contributed by atoms with Gasteiger partial charge in [0, 0.05) is 22.5 Å². The average molecular weight is 460 g/mol. The molecule has 3 N–H and O–H groups in total. The number of amides is 2. The fraction of sp³-hybridized carbons (Fsp3) is 0.222. The molecular formula is C27H29N3O2S. The smallest absolute Gasteiger partial charge is 0.257 e. The molecule has 0 aliphatic heterocycles. The van der Waals surface area contributed by atoms with E-state index in [4.69, 9.17) is 12.2 Å². The van der Waals surface area contributed by atoms with Gasteiger partial charge in [0.05, 0.1) is 0 Å². The molecular weight excluding hydrogens is 430 g/mol. The minimum Gasteiger partial charge on any atom is -0.332 e. The maximum atomic E-state index is 12.5. The van der Waals surface area contributed by atoms with Crippen molar-refractivity contribution in [2.24, 2.45) is 0 Å². The van der Waals surface area contributed by atoms with Crippen LogP contribution in [0.25, 0.3) is 0 Å². The van der Waals surface area contributed by atoms with Crippen LogP contribution in [0.4, 0.5) is 11.4 Å². The summed E-state index contributed by atoms with van der Waals surface area (Å²) in [7, 11) is 0. The van der Waals surface area contributed by atoms with E-state index in [1.807, 2.05) is 56.3 Å². The van der Waals surface area contributed by atoms with Gasteiger partial charge in [0.1, 0.15) is 0 Å². The van der Waals surface area contributed by atoms with Crippen molar-refractivity contribution in [3.63, 3.8) is 0 Å². The highest BCUT2D eigenvalue weighted by Crippen LogP contribution is 2.22. The van der Waals surface area contributed by atoms with Crippen LogP contribution in [-0.4, -0.2) is 16.9 Å². The van der Waals surface area contributed by atoms with Gasteiger partial charge in [0.25, 0.3) is 11.8 Å². The number of aryl methyl sites for hydroxylation is 2. The molecule has 0 unspecified atom stereocenters. The Balaban J connectivity index is 1.56. The highest BCUT2D eigenvalue weighted by atomic mass is 32.1.